The largest absolute Gasteiger partial charge is 0.490 e. The Bertz CT molecular complexity index is 1040. The molecule has 0 saturated heterocycles. The van der Waals surface area contributed by atoms with Crippen molar-refractivity contribution in [3.05, 3.63) is 53.4 Å². The second kappa shape index (κ2) is 19.6. The number of carbonyl (C=O) groups is 1. The molecule has 0 radical (unpaired) electrons. The highest BCUT2D eigenvalue weighted by Gasteiger charge is 2.23. The summed E-state index contributed by atoms with van der Waals surface area (Å²) in [6.07, 6.45) is 21.2. The summed E-state index contributed by atoms with van der Waals surface area (Å²) < 4.78 is 46.0. The van der Waals surface area contributed by atoms with Crippen LogP contribution in [0.1, 0.15) is 133 Å². The minimum Gasteiger partial charge on any atom is -0.490 e. The number of unbranched alkanes of at least 4 members (excludes halogenated alkanes) is 9. The lowest BCUT2D eigenvalue weighted by Gasteiger charge is -2.28. The van der Waals surface area contributed by atoms with Crippen molar-refractivity contribution >= 4 is 5.97 Å². The molecule has 1 aromatic carbocycles. The maximum absolute atomic E-state index is 14.6. The number of hydrogen-bond acceptors (Lipinski definition) is 5. The summed E-state index contributed by atoms with van der Waals surface area (Å²) >= 11 is 0. The standard InChI is InChI=1S/C35H51F2NO4/c1-3-5-7-9-11-13-25-41-32-23-22-31(33(36)34(32)37)35(39)42-30-21-18-28(38-26-30)17-14-27-15-19-29(20-16-27)40-24-12-10-8-6-4-2/h18,21-23,26-27,29H,3-17,19-20,24-25H2,1-2H3. The minimum absolute atomic E-state index is 0.192. The van der Waals surface area contributed by atoms with E-state index in [1.807, 2.05) is 6.07 Å². The maximum atomic E-state index is 14.6. The van der Waals surface area contributed by atoms with Crippen LogP contribution in [0.3, 0.4) is 0 Å². The third kappa shape index (κ3) is 12.0. The van der Waals surface area contributed by atoms with Crippen LogP contribution in [-0.2, 0) is 11.2 Å². The van der Waals surface area contributed by atoms with E-state index in [4.69, 9.17) is 14.2 Å². The van der Waals surface area contributed by atoms with Gasteiger partial charge in [0.2, 0.25) is 5.82 Å². The van der Waals surface area contributed by atoms with Gasteiger partial charge in [-0.2, -0.15) is 4.39 Å². The van der Waals surface area contributed by atoms with Crippen molar-refractivity contribution in [1.29, 1.82) is 0 Å². The number of nitrogens with zero attached hydrogens (tertiary/aromatic N) is 1. The fourth-order valence-electron chi connectivity index (χ4n) is 5.54. The molecule has 0 atom stereocenters. The van der Waals surface area contributed by atoms with Gasteiger partial charge in [-0.1, -0.05) is 71.6 Å². The lowest BCUT2D eigenvalue weighted by Crippen LogP contribution is -2.22. The molecular weight excluding hydrogens is 536 g/mol. The fraction of sp³-hybridized carbons (Fsp3) is 0.657. The molecule has 1 heterocycles. The Morgan fingerprint density at radius 2 is 1.48 bits per heavy atom. The summed E-state index contributed by atoms with van der Waals surface area (Å²) in [5.41, 5.74) is 0.448. The van der Waals surface area contributed by atoms with Crippen LogP contribution in [0.5, 0.6) is 11.5 Å². The van der Waals surface area contributed by atoms with Gasteiger partial charge >= 0.3 is 5.97 Å². The lowest BCUT2D eigenvalue weighted by molar-refractivity contribution is 0.0153. The summed E-state index contributed by atoms with van der Waals surface area (Å²) in [6.45, 7) is 5.59. The van der Waals surface area contributed by atoms with Gasteiger partial charge < -0.3 is 14.2 Å². The molecule has 0 aliphatic heterocycles. The molecule has 1 saturated carbocycles. The van der Waals surface area contributed by atoms with Crippen molar-refractivity contribution in [2.75, 3.05) is 13.2 Å². The fourth-order valence-corrected chi connectivity index (χ4v) is 5.54. The average Bonchev–Trinajstić information content (AvgIpc) is 3.00. The highest BCUT2D eigenvalue weighted by molar-refractivity contribution is 5.91. The monoisotopic (exact) mass is 587 g/mol. The Balaban J connectivity index is 1.36. The van der Waals surface area contributed by atoms with Gasteiger partial charge in [0.1, 0.15) is 5.75 Å². The molecule has 0 unspecified atom stereocenters. The first-order valence-corrected chi connectivity index (χ1v) is 16.4. The van der Waals surface area contributed by atoms with Crippen LogP contribution in [0, 0.1) is 17.6 Å². The topological polar surface area (TPSA) is 57.7 Å². The average molecular weight is 588 g/mol. The van der Waals surface area contributed by atoms with Crippen molar-refractivity contribution in [3.8, 4) is 11.5 Å². The maximum Gasteiger partial charge on any atom is 0.346 e. The van der Waals surface area contributed by atoms with Gasteiger partial charge in [-0.15, -0.1) is 0 Å². The van der Waals surface area contributed by atoms with E-state index in [0.717, 1.165) is 57.2 Å². The zero-order valence-corrected chi connectivity index (χ0v) is 25.8. The third-order valence-corrected chi connectivity index (χ3v) is 8.23. The number of rotatable bonds is 20. The Hall–Kier alpha value is -2.54. The third-order valence-electron chi connectivity index (χ3n) is 8.23. The first kappa shape index (κ1) is 34.0. The zero-order valence-electron chi connectivity index (χ0n) is 25.8. The quantitative estimate of drug-likeness (QED) is 0.114. The van der Waals surface area contributed by atoms with Crippen LogP contribution in [-0.4, -0.2) is 30.3 Å². The zero-order chi connectivity index (χ0) is 30.0. The van der Waals surface area contributed by atoms with E-state index in [0.29, 0.717) is 18.6 Å². The first-order valence-electron chi connectivity index (χ1n) is 16.4. The number of pyridine rings is 1. The molecule has 234 valence electrons. The van der Waals surface area contributed by atoms with E-state index in [1.54, 1.807) is 6.07 Å². The number of hydrogen-bond donors (Lipinski definition) is 0. The van der Waals surface area contributed by atoms with Crippen LogP contribution in [0.4, 0.5) is 8.78 Å². The molecule has 7 heteroatoms. The second-order valence-electron chi connectivity index (χ2n) is 11.7. The van der Waals surface area contributed by atoms with Crippen LogP contribution < -0.4 is 9.47 Å². The van der Waals surface area contributed by atoms with Crippen molar-refractivity contribution in [1.82, 2.24) is 4.98 Å². The van der Waals surface area contributed by atoms with Crippen LogP contribution in [0.25, 0.3) is 0 Å². The molecule has 5 nitrogen and oxygen atoms in total. The number of halogens is 2. The van der Waals surface area contributed by atoms with Crippen LogP contribution in [0.2, 0.25) is 0 Å². The van der Waals surface area contributed by atoms with Gasteiger partial charge in [0.15, 0.2) is 11.6 Å². The summed E-state index contributed by atoms with van der Waals surface area (Å²) in [5.74, 6) is -2.74. The highest BCUT2D eigenvalue weighted by atomic mass is 19.2. The molecule has 0 N–H and O–H groups in total. The number of aromatic nitrogens is 1. The Kier molecular flexibility index (Phi) is 15.9. The van der Waals surface area contributed by atoms with E-state index in [1.165, 1.54) is 82.5 Å². The predicted molar refractivity (Wildman–Crippen MR) is 163 cm³/mol. The minimum atomic E-state index is -1.27. The second-order valence-corrected chi connectivity index (χ2v) is 11.7. The molecule has 2 aromatic rings. The molecular formula is C35H51F2NO4. The molecule has 1 aliphatic carbocycles. The summed E-state index contributed by atoms with van der Waals surface area (Å²) in [4.78, 5) is 17.0. The van der Waals surface area contributed by atoms with Gasteiger partial charge in [-0.3, -0.25) is 4.98 Å². The highest BCUT2D eigenvalue weighted by Crippen LogP contribution is 2.30. The SMILES string of the molecule is CCCCCCCCOc1ccc(C(=O)Oc2ccc(CCC3CCC(OCCCCCCC)CC3)nc2)c(F)c1F. The smallest absolute Gasteiger partial charge is 0.346 e. The van der Waals surface area contributed by atoms with E-state index in [9.17, 15) is 13.6 Å². The molecule has 42 heavy (non-hydrogen) atoms. The van der Waals surface area contributed by atoms with Gasteiger partial charge in [0.05, 0.1) is 24.5 Å². The van der Waals surface area contributed by atoms with Gasteiger partial charge in [-0.05, 0) is 81.5 Å². The number of benzene rings is 1. The molecule has 1 aliphatic rings. The Labute approximate surface area is 251 Å². The van der Waals surface area contributed by atoms with E-state index in [2.05, 4.69) is 18.8 Å². The Morgan fingerprint density at radius 1 is 0.810 bits per heavy atom. The number of carbonyl (C=O) groups excluding carboxylic acids is 1. The number of aryl methyl sites for hydroxylation is 1. The van der Waals surface area contributed by atoms with Gasteiger partial charge in [-0.25, -0.2) is 9.18 Å². The molecule has 3 rings (SSSR count). The van der Waals surface area contributed by atoms with Gasteiger partial charge in [0.25, 0.3) is 0 Å². The number of ether oxygens (including phenoxy) is 3. The predicted octanol–water partition coefficient (Wildman–Crippen LogP) is 9.80. The summed E-state index contributed by atoms with van der Waals surface area (Å²) in [6, 6.07) is 5.96. The van der Waals surface area contributed by atoms with Crippen molar-refractivity contribution < 1.29 is 27.8 Å². The number of esters is 1. The van der Waals surface area contributed by atoms with Crippen molar-refractivity contribution in [2.45, 2.75) is 129 Å². The van der Waals surface area contributed by atoms with E-state index >= 15 is 0 Å². The first-order chi connectivity index (χ1) is 20.5. The van der Waals surface area contributed by atoms with E-state index in [-0.39, 0.29) is 11.5 Å². The Morgan fingerprint density at radius 3 is 2.14 bits per heavy atom. The molecule has 0 spiro atoms. The summed E-state index contributed by atoms with van der Waals surface area (Å²) in [7, 11) is 0. The molecule has 1 fully saturated rings. The van der Waals surface area contributed by atoms with Gasteiger partial charge in [0, 0.05) is 12.3 Å². The van der Waals surface area contributed by atoms with Crippen molar-refractivity contribution in [3.63, 3.8) is 0 Å². The lowest BCUT2D eigenvalue weighted by atomic mass is 9.84. The molecule has 0 amide bonds. The normalized spacial score (nSPS) is 16.9. The van der Waals surface area contributed by atoms with Crippen LogP contribution >= 0.6 is 0 Å². The molecule has 1 aromatic heterocycles. The summed E-state index contributed by atoms with van der Waals surface area (Å²) in [5, 5.41) is 0. The van der Waals surface area contributed by atoms with Crippen molar-refractivity contribution in [2.24, 2.45) is 5.92 Å². The molecule has 0 bridgehead atoms. The van der Waals surface area contributed by atoms with E-state index < -0.39 is 23.2 Å². The van der Waals surface area contributed by atoms with Crippen LogP contribution in [0.15, 0.2) is 30.5 Å².